The van der Waals surface area contributed by atoms with Gasteiger partial charge in [0.15, 0.2) is 0 Å². The van der Waals surface area contributed by atoms with Crippen LogP contribution in [0.5, 0.6) is 0 Å². The Kier molecular flexibility index (Phi) is 25.5. The quantitative estimate of drug-likeness (QED) is 0.275. The summed E-state index contributed by atoms with van der Waals surface area (Å²) in [5, 5.41) is 6.63. The van der Waals surface area contributed by atoms with Crippen molar-refractivity contribution in [1.82, 2.24) is 35.1 Å². The molecular formula is C42H93N7O. The molecule has 0 aromatic rings. The molecule has 0 spiro atoms. The SMILES string of the molecule is C1CCNCC1.CC(C)(C)N1CCCC1.CC(C)(C)N1CCNCC1.CC(C)(C)N1CCOCC1.CC(C)C.CN1CCN(C(C)(C)C)CC1. The van der Waals surface area contributed by atoms with Gasteiger partial charge in [-0.25, -0.2) is 0 Å². The fourth-order valence-electron chi connectivity index (χ4n) is 6.24. The highest BCUT2D eigenvalue weighted by atomic mass is 16.5. The van der Waals surface area contributed by atoms with Crippen molar-refractivity contribution in [2.75, 3.05) is 112 Å². The maximum atomic E-state index is 5.25. The van der Waals surface area contributed by atoms with Crippen molar-refractivity contribution in [2.24, 2.45) is 5.92 Å². The molecule has 50 heavy (non-hydrogen) atoms. The number of piperazine rings is 2. The van der Waals surface area contributed by atoms with Gasteiger partial charge in [-0.15, -0.1) is 0 Å². The number of hydrogen-bond donors (Lipinski definition) is 2. The lowest BCUT2D eigenvalue weighted by Gasteiger charge is -2.41. The van der Waals surface area contributed by atoms with Gasteiger partial charge in [-0.05, 0) is 148 Å². The fourth-order valence-corrected chi connectivity index (χ4v) is 6.24. The highest BCUT2D eigenvalue weighted by molar-refractivity contribution is 4.82. The van der Waals surface area contributed by atoms with Crippen LogP contribution in [-0.2, 0) is 4.74 Å². The molecule has 2 N–H and O–H groups in total. The minimum atomic E-state index is 0.323. The molecule has 0 radical (unpaired) electrons. The molecular weight excluding hydrogens is 619 g/mol. The van der Waals surface area contributed by atoms with Gasteiger partial charge < -0.3 is 20.3 Å². The third-order valence-electron chi connectivity index (χ3n) is 9.74. The molecule has 5 aliphatic rings. The number of likely N-dealkylation sites (N-methyl/N-ethyl adjacent to an activating group) is 1. The number of nitrogens with one attached hydrogen (secondary N) is 2. The van der Waals surface area contributed by atoms with Gasteiger partial charge in [-0.3, -0.25) is 19.6 Å². The van der Waals surface area contributed by atoms with Crippen LogP contribution in [0.15, 0.2) is 0 Å². The summed E-state index contributed by atoms with van der Waals surface area (Å²) in [6.45, 7) is 52.5. The zero-order chi connectivity index (χ0) is 38.4. The van der Waals surface area contributed by atoms with Crippen molar-refractivity contribution < 1.29 is 4.74 Å². The Hall–Kier alpha value is -0.320. The molecule has 0 aromatic carbocycles. The van der Waals surface area contributed by atoms with E-state index >= 15 is 0 Å². The van der Waals surface area contributed by atoms with E-state index in [2.05, 4.69) is 146 Å². The number of hydrogen-bond acceptors (Lipinski definition) is 8. The molecule has 8 heteroatoms. The van der Waals surface area contributed by atoms with E-state index in [1.165, 1.54) is 97.6 Å². The van der Waals surface area contributed by atoms with Crippen LogP contribution in [-0.4, -0.2) is 159 Å². The Morgan fingerprint density at radius 2 is 0.720 bits per heavy atom. The lowest BCUT2D eigenvalue weighted by molar-refractivity contribution is -0.00389. The number of nitrogens with zero attached hydrogens (tertiary/aromatic N) is 5. The van der Waals surface area contributed by atoms with Crippen molar-refractivity contribution in [2.45, 2.75) is 158 Å². The summed E-state index contributed by atoms with van der Waals surface area (Å²) in [4.78, 5) is 12.5. The summed E-state index contributed by atoms with van der Waals surface area (Å²) in [5.74, 6) is 0.833. The highest BCUT2D eigenvalue weighted by Gasteiger charge is 2.25. The summed E-state index contributed by atoms with van der Waals surface area (Å²) in [6, 6.07) is 0. The van der Waals surface area contributed by atoms with Crippen molar-refractivity contribution in [3.8, 4) is 0 Å². The number of likely N-dealkylation sites (tertiary alicyclic amines) is 1. The second-order valence-electron chi connectivity index (χ2n) is 19.5. The summed E-state index contributed by atoms with van der Waals surface area (Å²) in [7, 11) is 2.19. The molecule has 0 saturated carbocycles. The van der Waals surface area contributed by atoms with Crippen molar-refractivity contribution in [3.05, 3.63) is 0 Å². The minimum Gasteiger partial charge on any atom is -0.379 e. The summed E-state index contributed by atoms with van der Waals surface area (Å²) < 4.78 is 5.25. The van der Waals surface area contributed by atoms with Crippen LogP contribution in [0, 0.1) is 5.92 Å². The van der Waals surface area contributed by atoms with Gasteiger partial charge in [-0.2, -0.15) is 0 Å². The van der Waals surface area contributed by atoms with Gasteiger partial charge >= 0.3 is 0 Å². The molecule has 5 heterocycles. The highest BCUT2D eigenvalue weighted by Crippen LogP contribution is 2.19. The maximum absolute atomic E-state index is 5.25. The molecule has 5 saturated heterocycles. The first kappa shape index (κ1) is 49.7. The van der Waals surface area contributed by atoms with Gasteiger partial charge in [-0.1, -0.05) is 27.2 Å². The zero-order valence-electron chi connectivity index (χ0n) is 37.1. The molecule has 0 aromatic heterocycles. The van der Waals surface area contributed by atoms with E-state index in [9.17, 15) is 0 Å². The monoisotopic (exact) mass is 712 g/mol. The van der Waals surface area contributed by atoms with Gasteiger partial charge in [0.25, 0.3) is 0 Å². The van der Waals surface area contributed by atoms with Crippen molar-refractivity contribution >= 4 is 0 Å². The van der Waals surface area contributed by atoms with Crippen molar-refractivity contribution in [1.29, 1.82) is 0 Å². The average Bonchev–Trinajstić information content (AvgIpc) is 3.60. The third-order valence-corrected chi connectivity index (χ3v) is 9.74. The predicted octanol–water partition coefficient (Wildman–Crippen LogP) is 7.14. The first-order valence-corrected chi connectivity index (χ1v) is 20.7. The van der Waals surface area contributed by atoms with Gasteiger partial charge in [0.2, 0.25) is 0 Å². The molecule has 5 fully saturated rings. The van der Waals surface area contributed by atoms with Gasteiger partial charge in [0.05, 0.1) is 13.2 Å². The summed E-state index contributed by atoms with van der Waals surface area (Å²) in [6.07, 6.45) is 7.02. The number of piperidine rings is 1. The van der Waals surface area contributed by atoms with E-state index in [4.69, 9.17) is 4.74 Å². The number of ether oxygens (including phenoxy) is 1. The van der Waals surface area contributed by atoms with E-state index in [0.29, 0.717) is 22.2 Å². The molecule has 0 unspecified atom stereocenters. The van der Waals surface area contributed by atoms with Crippen LogP contribution in [0.2, 0.25) is 0 Å². The van der Waals surface area contributed by atoms with Crippen LogP contribution in [0.3, 0.4) is 0 Å². The Balaban J connectivity index is 0.000000590. The normalized spacial score (nSPS) is 22.3. The third kappa shape index (κ3) is 26.4. The second kappa shape index (κ2) is 25.7. The minimum absolute atomic E-state index is 0.323. The van der Waals surface area contributed by atoms with E-state index in [0.717, 1.165) is 45.3 Å². The molecule has 0 bridgehead atoms. The topological polar surface area (TPSA) is 49.5 Å². The smallest absolute Gasteiger partial charge is 0.0594 e. The van der Waals surface area contributed by atoms with Crippen LogP contribution < -0.4 is 10.6 Å². The van der Waals surface area contributed by atoms with Crippen LogP contribution >= 0.6 is 0 Å². The zero-order valence-corrected chi connectivity index (χ0v) is 37.1. The fraction of sp³-hybridized carbons (Fsp3) is 1.00. The second-order valence-corrected chi connectivity index (χ2v) is 19.5. The van der Waals surface area contributed by atoms with Crippen LogP contribution in [0.4, 0.5) is 0 Å². The predicted molar refractivity (Wildman–Crippen MR) is 223 cm³/mol. The lowest BCUT2D eigenvalue weighted by atomic mass is 10.1. The molecule has 8 nitrogen and oxygen atoms in total. The number of rotatable bonds is 0. The van der Waals surface area contributed by atoms with Crippen LogP contribution in [0.1, 0.15) is 136 Å². The Morgan fingerprint density at radius 1 is 0.400 bits per heavy atom. The molecule has 5 aliphatic heterocycles. The lowest BCUT2D eigenvalue weighted by Crippen LogP contribution is -2.52. The van der Waals surface area contributed by atoms with Crippen molar-refractivity contribution in [3.63, 3.8) is 0 Å². The molecule has 0 atom stereocenters. The Bertz CT molecular complexity index is 722. The Labute approximate surface area is 315 Å². The molecule has 5 rings (SSSR count). The summed E-state index contributed by atoms with van der Waals surface area (Å²) >= 11 is 0. The molecule has 302 valence electrons. The number of morpholine rings is 1. The maximum Gasteiger partial charge on any atom is 0.0594 e. The van der Waals surface area contributed by atoms with Gasteiger partial charge in [0, 0.05) is 87.6 Å². The first-order chi connectivity index (χ1) is 23.0. The molecule has 0 amide bonds. The standard InChI is InChI=1S/C9H20N2.C8H18N2.C8H17NO.C8H17N.C5H11N.C4H10/c1-9(2,3)11-7-5-10(4)6-8-11;1-8(2,3)10-6-4-9-5-7-10;1-8(2,3)9-4-6-10-7-5-9;1-8(2,3)9-6-4-5-7-9;1-2-4-6-5-3-1;1-4(2)3/h5-8H2,1-4H3;9H,4-7H2,1-3H3;4-7H2,1-3H3;4-7H2,1-3H3;6H,1-5H2;4H,1-3H3. The van der Waals surface area contributed by atoms with Crippen LogP contribution in [0.25, 0.3) is 0 Å². The van der Waals surface area contributed by atoms with E-state index in [-0.39, 0.29) is 0 Å². The summed E-state index contributed by atoms with van der Waals surface area (Å²) in [5.41, 5.74) is 1.46. The largest absolute Gasteiger partial charge is 0.379 e. The average molecular weight is 712 g/mol. The first-order valence-electron chi connectivity index (χ1n) is 20.7. The van der Waals surface area contributed by atoms with E-state index in [1.807, 2.05) is 0 Å². The van der Waals surface area contributed by atoms with Gasteiger partial charge in [0.1, 0.15) is 0 Å². The van der Waals surface area contributed by atoms with E-state index in [1.54, 1.807) is 0 Å². The Morgan fingerprint density at radius 3 is 0.980 bits per heavy atom. The molecule has 0 aliphatic carbocycles. The van der Waals surface area contributed by atoms with E-state index < -0.39 is 0 Å².